The molecule has 0 spiro atoms. The first-order valence-electron chi connectivity index (χ1n) is 7.66. The van der Waals surface area contributed by atoms with Crippen molar-refractivity contribution in [2.24, 2.45) is 5.10 Å². The Morgan fingerprint density at radius 1 is 1.13 bits per heavy atom. The Morgan fingerprint density at radius 3 is 2.48 bits per heavy atom. The van der Waals surface area contributed by atoms with Gasteiger partial charge in [0.25, 0.3) is 5.69 Å². The average molecular weight is 314 g/mol. The summed E-state index contributed by atoms with van der Waals surface area (Å²) in [4.78, 5) is 12.9. The number of anilines is 1. The lowest BCUT2D eigenvalue weighted by atomic mass is 10.1. The zero-order valence-electron chi connectivity index (χ0n) is 12.7. The molecule has 23 heavy (non-hydrogen) atoms. The van der Waals surface area contributed by atoms with Gasteiger partial charge in [-0.1, -0.05) is 12.8 Å². The Morgan fingerprint density at radius 2 is 1.83 bits per heavy atom. The maximum atomic E-state index is 11.1. The number of nitrogens with zero attached hydrogens (tertiary/aromatic N) is 6. The molecular weight excluding hydrogens is 296 g/mol. The summed E-state index contributed by atoms with van der Waals surface area (Å²) in [5, 5.41) is 22.7. The number of hydrogen-bond donors (Lipinski definition) is 0. The molecule has 0 atom stereocenters. The van der Waals surface area contributed by atoms with Crippen LogP contribution >= 0.6 is 0 Å². The van der Waals surface area contributed by atoms with Gasteiger partial charge in [-0.05, 0) is 18.9 Å². The second-order valence-electron chi connectivity index (χ2n) is 5.49. The monoisotopic (exact) mass is 314 g/mol. The Hall–Kier alpha value is -2.77. The van der Waals surface area contributed by atoms with E-state index in [1.807, 2.05) is 6.07 Å². The summed E-state index contributed by atoms with van der Waals surface area (Å²) in [7, 11) is 0. The van der Waals surface area contributed by atoms with E-state index in [0.717, 1.165) is 37.2 Å². The number of rotatable bonds is 4. The lowest BCUT2D eigenvalue weighted by molar-refractivity contribution is -0.384. The zero-order chi connectivity index (χ0) is 16.1. The molecule has 1 fully saturated rings. The second kappa shape index (κ2) is 6.99. The van der Waals surface area contributed by atoms with Crippen LogP contribution in [-0.4, -0.2) is 39.1 Å². The van der Waals surface area contributed by atoms with Gasteiger partial charge in [0.15, 0.2) is 0 Å². The Kier molecular flexibility index (Phi) is 4.60. The van der Waals surface area contributed by atoms with Gasteiger partial charge in [0.1, 0.15) is 12.7 Å². The minimum Gasteiger partial charge on any atom is -0.371 e. The standard InChI is InChI=1S/C15H18N6O2/c22-21(23)14-5-6-15(19-7-3-1-2-4-8-19)13(9-14)10-18-20-11-16-17-12-20/h5-6,9-12H,1-4,7-8H2. The molecule has 3 rings (SSSR count). The number of benzene rings is 1. The van der Waals surface area contributed by atoms with Crippen molar-refractivity contribution in [3.05, 3.63) is 46.5 Å². The fourth-order valence-electron chi connectivity index (χ4n) is 2.74. The van der Waals surface area contributed by atoms with E-state index in [2.05, 4.69) is 20.2 Å². The van der Waals surface area contributed by atoms with Crippen molar-refractivity contribution in [1.29, 1.82) is 0 Å². The largest absolute Gasteiger partial charge is 0.371 e. The van der Waals surface area contributed by atoms with Crippen molar-refractivity contribution < 1.29 is 4.92 Å². The van der Waals surface area contributed by atoms with Crippen LogP contribution < -0.4 is 4.90 Å². The van der Waals surface area contributed by atoms with Crippen molar-refractivity contribution in [3.63, 3.8) is 0 Å². The molecule has 0 amide bonds. The van der Waals surface area contributed by atoms with Crippen molar-refractivity contribution in [2.75, 3.05) is 18.0 Å². The van der Waals surface area contributed by atoms with E-state index >= 15 is 0 Å². The summed E-state index contributed by atoms with van der Waals surface area (Å²) in [5.41, 5.74) is 1.78. The van der Waals surface area contributed by atoms with E-state index in [1.54, 1.807) is 18.3 Å². The lowest BCUT2D eigenvalue weighted by Crippen LogP contribution is -2.25. The summed E-state index contributed by atoms with van der Waals surface area (Å²) in [6.45, 7) is 1.93. The van der Waals surface area contributed by atoms with Gasteiger partial charge in [-0.2, -0.15) is 5.10 Å². The fraction of sp³-hybridized carbons (Fsp3) is 0.400. The number of nitro groups is 1. The molecule has 120 valence electrons. The van der Waals surface area contributed by atoms with Crippen LogP contribution in [0.25, 0.3) is 0 Å². The first-order valence-corrected chi connectivity index (χ1v) is 7.66. The Bertz CT molecular complexity index is 690. The molecule has 1 saturated heterocycles. The maximum absolute atomic E-state index is 11.1. The molecule has 1 aliphatic rings. The lowest BCUT2D eigenvalue weighted by Gasteiger charge is -2.24. The SMILES string of the molecule is O=[N+]([O-])c1ccc(N2CCCCCC2)c(C=Nn2cnnc2)c1. The van der Waals surface area contributed by atoms with E-state index < -0.39 is 0 Å². The van der Waals surface area contributed by atoms with Crippen LogP contribution in [0.2, 0.25) is 0 Å². The van der Waals surface area contributed by atoms with Crippen LogP contribution in [-0.2, 0) is 0 Å². The summed E-state index contributed by atoms with van der Waals surface area (Å²) in [5.74, 6) is 0. The topological polar surface area (TPSA) is 89.5 Å². The van der Waals surface area contributed by atoms with E-state index in [9.17, 15) is 10.1 Å². The molecule has 1 aromatic heterocycles. The number of aromatic nitrogens is 3. The summed E-state index contributed by atoms with van der Waals surface area (Å²) < 4.78 is 1.46. The van der Waals surface area contributed by atoms with Crippen LogP contribution in [0.15, 0.2) is 36.0 Å². The van der Waals surface area contributed by atoms with Gasteiger partial charge in [0.05, 0.1) is 11.1 Å². The highest BCUT2D eigenvalue weighted by Crippen LogP contribution is 2.26. The summed E-state index contributed by atoms with van der Waals surface area (Å²) >= 11 is 0. The van der Waals surface area contributed by atoms with E-state index in [0.29, 0.717) is 0 Å². The molecule has 2 heterocycles. The summed E-state index contributed by atoms with van der Waals surface area (Å²) in [6.07, 6.45) is 9.30. The van der Waals surface area contributed by atoms with E-state index in [-0.39, 0.29) is 10.6 Å². The van der Waals surface area contributed by atoms with Gasteiger partial charge in [-0.25, -0.2) is 4.68 Å². The van der Waals surface area contributed by atoms with E-state index in [1.165, 1.54) is 30.2 Å². The Balaban J connectivity index is 1.94. The fourth-order valence-corrected chi connectivity index (χ4v) is 2.74. The smallest absolute Gasteiger partial charge is 0.270 e. The quantitative estimate of drug-likeness (QED) is 0.491. The first kappa shape index (κ1) is 15.1. The molecule has 1 aliphatic heterocycles. The molecule has 0 saturated carbocycles. The van der Waals surface area contributed by atoms with Gasteiger partial charge in [-0.15, -0.1) is 10.2 Å². The third kappa shape index (κ3) is 3.71. The van der Waals surface area contributed by atoms with Gasteiger partial charge in [0.2, 0.25) is 0 Å². The summed E-state index contributed by atoms with van der Waals surface area (Å²) in [6, 6.07) is 4.93. The normalized spacial score (nSPS) is 15.7. The molecule has 8 nitrogen and oxygen atoms in total. The molecule has 2 aromatic rings. The van der Waals surface area contributed by atoms with Crippen LogP contribution in [0.3, 0.4) is 0 Å². The molecular formula is C15H18N6O2. The Labute approximate surface area is 133 Å². The third-order valence-electron chi connectivity index (χ3n) is 3.91. The van der Waals surface area contributed by atoms with Crippen molar-refractivity contribution in [2.45, 2.75) is 25.7 Å². The molecule has 0 bridgehead atoms. The van der Waals surface area contributed by atoms with Crippen LogP contribution in [0.1, 0.15) is 31.2 Å². The number of hydrogen-bond acceptors (Lipinski definition) is 6. The number of non-ortho nitro benzene ring substituents is 1. The second-order valence-corrected chi connectivity index (χ2v) is 5.49. The minimum atomic E-state index is -0.387. The third-order valence-corrected chi connectivity index (χ3v) is 3.91. The highest BCUT2D eigenvalue weighted by molar-refractivity contribution is 5.89. The predicted molar refractivity (Wildman–Crippen MR) is 86.8 cm³/mol. The average Bonchev–Trinajstić information content (AvgIpc) is 2.93. The molecule has 0 N–H and O–H groups in total. The van der Waals surface area contributed by atoms with Crippen LogP contribution in [0.4, 0.5) is 11.4 Å². The first-order chi connectivity index (χ1) is 11.2. The molecule has 0 unspecified atom stereocenters. The van der Waals surface area contributed by atoms with Crippen LogP contribution in [0, 0.1) is 10.1 Å². The highest BCUT2D eigenvalue weighted by Gasteiger charge is 2.16. The number of nitro benzene ring substituents is 1. The predicted octanol–water partition coefficient (Wildman–Crippen LogP) is 2.45. The van der Waals surface area contributed by atoms with Crippen molar-refractivity contribution >= 4 is 17.6 Å². The molecule has 0 aliphatic carbocycles. The molecule has 1 aromatic carbocycles. The van der Waals surface area contributed by atoms with Gasteiger partial charge >= 0.3 is 0 Å². The zero-order valence-corrected chi connectivity index (χ0v) is 12.7. The maximum Gasteiger partial charge on any atom is 0.270 e. The van der Waals surface area contributed by atoms with Gasteiger partial charge in [-0.3, -0.25) is 10.1 Å². The minimum absolute atomic E-state index is 0.0637. The van der Waals surface area contributed by atoms with Crippen LogP contribution in [0.5, 0.6) is 0 Å². The molecule has 8 heteroatoms. The van der Waals surface area contributed by atoms with Crippen molar-refractivity contribution in [3.8, 4) is 0 Å². The van der Waals surface area contributed by atoms with Gasteiger partial charge in [0, 0.05) is 36.5 Å². The highest BCUT2D eigenvalue weighted by atomic mass is 16.6. The van der Waals surface area contributed by atoms with Crippen molar-refractivity contribution in [1.82, 2.24) is 14.9 Å². The van der Waals surface area contributed by atoms with E-state index in [4.69, 9.17) is 0 Å². The molecule has 0 radical (unpaired) electrons. The van der Waals surface area contributed by atoms with Gasteiger partial charge < -0.3 is 4.90 Å².